The number of ether oxygens (including phenoxy) is 1. The molecule has 0 aliphatic carbocycles. The van der Waals surface area contributed by atoms with Gasteiger partial charge in [0.1, 0.15) is 5.75 Å². The first kappa shape index (κ1) is 13.8. The second kappa shape index (κ2) is 5.59. The molecule has 104 valence electrons. The second-order valence-corrected chi connectivity index (χ2v) is 4.92. The first-order chi connectivity index (χ1) is 8.99. The Morgan fingerprint density at radius 3 is 2.58 bits per heavy atom. The predicted octanol–water partition coefficient (Wildman–Crippen LogP) is 0.246. The van der Waals surface area contributed by atoms with E-state index in [0.717, 1.165) is 11.1 Å². The van der Waals surface area contributed by atoms with Crippen molar-refractivity contribution >= 4 is 5.91 Å². The smallest absolute Gasteiger partial charge is 0.260 e. The van der Waals surface area contributed by atoms with Crippen molar-refractivity contribution in [3.63, 3.8) is 0 Å². The van der Waals surface area contributed by atoms with E-state index in [9.17, 15) is 15.0 Å². The third kappa shape index (κ3) is 3.05. The number of carbonyl (C=O) groups excluding carboxylic acids is 1. The summed E-state index contributed by atoms with van der Waals surface area (Å²) >= 11 is 0. The minimum atomic E-state index is -0.857. The normalized spacial score (nSPS) is 22.6. The zero-order valence-electron chi connectivity index (χ0n) is 11.2. The first-order valence-corrected chi connectivity index (χ1v) is 6.32. The Bertz CT molecular complexity index is 465. The Labute approximate surface area is 112 Å². The third-order valence-corrected chi connectivity index (χ3v) is 3.52. The summed E-state index contributed by atoms with van der Waals surface area (Å²) in [6.07, 6.45) is -1.71. The molecule has 2 atom stereocenters. The van der Waals surface area contributed by atoms with Gasteiger partial charge in [0.25, 0.3) is 5.91 Å². The molecule has 1 aliphatic heterocycles. The van der Waals surface area contributed by atoms with Gasteiger partial charge in [0.15, 0.2) is 6.61 Å². The molecule has 19 heavy (non-hydrogen) atoms. The van der Waals surface area contributed by atoms with Gasteiger partial charge in [-0.15, -0.1) is 0 Å². The minimum absolute atomic E-state index is 0.0796. The molecule has 1 amide bonds. The molecule has 2 unspecified atom stereocenters. The largest absolute Gasteiger partial charge is 0.483 e. The highest BCUT2D eigenvalue weighted by Crippen LogP contribution is 2.20. The van der Waals surface area contributed by atoms with E-state index in [4.69, 9.17) is 4.74 Å². The molecule has 1 fully saturated rings. The molecule has 1 aromatic carbocycles. The van der Waals surface area contributed by atoms with Gasteiger partial charge in [0, 0.05) is 13.1 Å². The summed E-state index contributed by atoms with van der Waals surface area (Å²) in [4.78, 5) is 13.3. The molecule has 0 bridgehead atoms. The highest BCUT2D eigenvalue weighted by Gasteiger charge is 2.32. The lowest BCUT2D eigenvalue weighted by Gasteiger charge is -2.16. The van der Waals surface area contributed by atoms with Gasteiger partial charge in [-0.05, 0) is 31.0 Å². The number of hydrogen-bond acceptors (Lipinski definition) is 4. The standard InChI is InChI=1S/C14H19NO4/c1-9-4-3-5-13(10(9)2)19-8-14(18)15-6-11(16)12(17)7-15/h3-5,11-12,16-17H,6-8H2,1-2H3. The molecule has 0 radical (unpaired) electrons. The molecule has 0 saturated carbocycles. The van der Waals surface area contributed by atoms with Gasteiger partial charge in [-0.2, -0.15) is 0 Å². The summed E-state index contributed by atoms with van der Waals surface area (Å²) in [6, 6.07) is 5.69. The molecule has 5 nitrogen and oxygen atoms in total. The molecule has 1 saturated heterocycles. The number of likely N-dealkylation sites (tertiary alicyclic amines) is 1. The topological polar surface area (TPSA) is 70.0 Å². The molecule has 5 heteroatoms. The Hall–Kier alpha value is -1.59. The summed E-state index contributed by atoms with van der Waals surface area (Å²) in [7, 11) is 0. The Kier molecular flexibility index (Phi) is 4.07. The monoisotopic (exact) mass is 265 g/mol. The molecule has 1 aromatic rings. The summed E-state index contributed by atoms with van der Waals surface area (Å²) in [5.41, 5.74) is 2.12. The van der Waals surface area contributed by atoms with Crippen molar-refractivity contribution in [3.8, 4) is 5.75 Å². The van der Waals surface area contributed by atoms with Crippen LogP contribution in [-0.4, -0.2) is 52.9 Å². The number of aryl methyl sites for hydroxylation is 1. The highest BCUT2D eigenvalue weighted by molar-refractivity contribution is 5.78. The van der Waals surface area contributed by atoms with Crippen molar-refractivity contribution in [2.24, 2.45) is 0 Å². The van der Waals surface area contributed by atoms with Crippen LogP contribution >= 0.6 is 0 Å². The van der Waals surface area contributed by atoms with Crippen LogP contribution in [0.1, 0.15) is 11.1 Å². The van der Waals surface area contributed by atoms with Crippen LogP contribution in [0.25, 0.3) is 0 Å². The fraction of sp³-hybridized carbons (Fsp3) is 0.500. The van der Waals surface area contributed by atoms with Gasteiger partial charge in [-0.1, -0.05) is 12.1 Å². The van der Waals surface area contributed by atoms with Gasteiger partial charge in [-0.25, -0.2) is 0 Å². The summed E-state index contributed by atoms with van der Waals surface area (Å²) in [6.45, 7) is 4.17. The molecular weight excluding hydrogens is 246 g/mol. The SMILES string of the molecule is Cc1cccc(OCC(=O)N2CC(O)C(O)C2)c1C. The maximum Gasteiger partial charge on any atom is 0.260 e. The van der Waals surface area contributed by atoms with Gasteiger partial charge in [0.05, 0.1) is 12.2 Å². The van der Waals surface area contributed by atoms with Crippen molar-refractivity contribution in [2.75, 3.05) is 19.7 Å². The lowest BCUT2D eigenvalue weighted by molar-refractivity contribution is -0.132. The Morgan fingerprint density at radius 1 is 1.32 bits per heavy atom. The average molecular weight is 265 g/mol. The predicted molar refractivity (Wildman–Crippen MR) is 70.0 cm³/mol. The van der Waals surface area contributed by atoms with Crippen LogP contribution in [0, 0.1) is 13.8 Å². The van der Waals surface area contributed by atoms with Crippen molar-refractivity contribution < 1.29 is 19.7 Å². The van der Waals surface area contributed by atoms with Gasteiger partial charge in [0.2, 0.25) is 0 Å². The van der Waals surface area contributed by atoms with E-state index in [1.165, 1.54) is 4.90 Å². The lowest BCUT2D eigenvalue weighted by atomic mass is 10.1. The van der Waals surface area contributed by atoms with Crippen LogP contribution in [0.15, 0.2) is 18.2 Å². The molecule has 0 spiro atoms. The number of β-amino-alcohol motifs (C(OH)–C–C–N with tert-alkyl or cyclic N) is 2. The molecular formula is C14H19NO4. The van der Waals surface area contributed by atoms with E-state index < -0.39 is 12.2 Å². The summed E-state index contributed by atoms with van der Waals surface area (Å²) in [5, 5.41) is 18.8. The maximum atomic E-state index is 11.9. The molecule has 2 N–H and O–H groups in total. The van der Waals surface area contributed by atoms with Crippen molar-refractivity contribution in [1.82, 2.24) is 4.90 Å². The van der Waals surface area contributed by atoms with E-state index >= 15 is 0 Å². The maximum absolute atomic E-state index is 11.9. The van der Waals surface area contributed by atoms with Gasteiger partial charge >= 0.3 is 0 Å². The zero-order valence-corrected chi connectivity index (χ0v) is 11.2. The van der Waals surface area contributed by atoms with E-state index in [1.54, 1.807) is 0 Å². The highest BCUT2D eigenvalue weighted by atomic mass is 16.5. The van der Waals surface area contributed by atoms with E-state index in [-0.39, 0.29) is 25.6 Å². The number of rotatable bonds is 3. The van der Waals surface area contributed by atoms with Gasteiger partial charge < -0.3 is 19.8 Å². The molecule has 1 heterocycles. The number of hydrogen-bond donors (Lipinski definition) is 2. The van der Waals surface area contributed by atoms with Crippen LogP contribution < -0.4 is 4.74 Å². The van der Waals surface area contributed by atoms with Crippen molar-refractivity contribution in [3.05, 3.63) is 29.3 Å². The number of carbonyl (C=O) groups is 1. The third-order valence-electron chi connectivity index (χ3n) is 3.52. The van der Waals surface area contributed by atoms with E-state index in [1.807, 2.05) is 32.0 Å². The lowest BCUT2D eigenvalue weighted by Crippen LogP contribution is -2.34. The number of amides is 1. The van der Waals surface area contributed by atoms with Crippen LogP contribution in [-0.2, 0) is 4.79 Å². The fourth-order valence-electron chi connectivity index (χ4n) is 2.08. The van der Waals surface area contributed by atoms with E-state index in [2.05, 4.69) is 0 Å². The van der Waals surface area contributed by atoms with Crippen LogP contribution in [0.5, 0.6) is 5.75 Å². The molecule has 0 aromatic heterocycles. The number of aliphatic hydroxyl groups excluding tert-OH is 2. The van der Waals surface area contributed by atoms with Crippen LogP contribution in [0.2, 0.25) is 0 Å². The molecule has 2 rings (SSSR count). The first-order valence-electron chi connectivity index (χ1n) is 6.32. The zero-order chi connectivity index (χ0) is 14.0. The summed E-state index contributed by atoms with van der Waals surface area (Å²) < 4.78 is 5.51. The number of benzene rings is 1. The molecule has 1 aliphatic rings. The Balaban J connectivity index is 1.92. The number of nitrogens with zero attached hydrogens (tertiary/aromatic N) is 1. The van der Waals surface area contributed by atoms with Gasteiger partial charge in [-0.3, -0.25) is 4.79 Å². The van der Waals surface area contributed by atoms with Crippen molar-refractivity contribution in [1.29, 1.82) is 0 Å². The van der Waals surface area contributed by atoms with Crippen LogP contribution in [0.3, 0.4) is 0 Å². The number of aliphatic hydroxyl groups is 2. The quantitative estimate of drug-likeness (QED) is 0.821. The second-order valence-electron chi connectivity index (χ2n) is 4.92. The Morgan fingerprint density at radius 2 is 1.95 bits per heavy atom. The van der Waals surface area contributed by atoms with Crippen molar-refractivity contribution in [2.45, 2.75) is 26.1 Å². The summed E-state index contributed by atoms with van der Waals surface area (Å²) in [5.74, 6) is 0.463. The fourth-order valence-corrected chi connectivity index (χ4v) is 2.08. The van der Waals surface area contributed by atoms with Crippen LogP contribution in [0.4, 0.5) is 0 Å². The minimum Gasteiger partial charge on any atom is -0.483 e. The average Bonchev–Trinajstić information content (AvgIpc) is 2.71. The van der Waals surface area contributed by atoms with E-state index in [0.29, 0.717) is 5.75 Å².